The van der Waals surface area contributed by atoms with E-state index in [0.717, 1.165) is 5.56 Å². The van der Waals surface area contributed by atoms with E-state index in [0.29, 0.717) is 23.7 Å². The monoisotopic (exact) mass is 271 g/mol. The summed E-state index contributed by atoms with van der Waals surface area (Å²) in [5.74, 6) is 1.17. The Kier molecular flexibility index (Phi) is 4.60. The van der Waals surface area contributed by atoms with Gasteiger partial charge in [-0.15, -0.1) is 0 Å². The van der Waals surface area contributed by atoms with Crippen LogP contribution < -0.4 is 9.47 Å². The zero-order chi connectivity index (χ0) is 14.4. The lowest BCUT2D eigenvalue weighted by atomic mass is 10.1. The van der Waals surface area contributed by atoms with Gasteiger partial charge in [0, 0.05) is 5.56 Å². The van der Waals surface area contributed by atoms with Crippen molar-refractivity contribution in [2.45, 2.75) is 13.5 Å². The minimum atomic E-state index is 0.430. The minimum Gasteiger partial charge on any atom is -0.493 e. The molecule has 2 rings (SSSR count). The van der Waals surface area contributed by atoms with Crippen LogP contribution >= 0.6 is 0 Å². The van der Waals surface area contributed by atoms with Crippen LogP contribution in [0.2, 0.25) is 0 Å². The Bertz CT molecular complexity index is 608. The van der Waals surface area contributed by atoms with Gasteiger partial charge in [-0.2, -0.15) is 0 Å². The van der Waals surface area contributed by atoms with Gasteiger partial charge in [0.05, 0.1) is 13.3 Å². The van der Waals surface area contributed by atoms with Crippen LogP contribution in [0.5, 0.6) is 11.5 Å². The molecule has 2 aromatic rings. The van der Waals surface area contributed by atoms with Crippen LogP contribution in [0.3, 0.4) is 0 Å². The number of para-hydroxylation sites is 1. The Balaban J connectivity index is 2.26. The van der Waals surface area contributed by atoms with Crippen molar-refractivity contribution < 1.29 is 14.7 Å². The van der Waals surface area contributed by atoms with Crippen LogP contribution in [-0.4, -0.2) is 18.5 Å². The van der Waals surface area contributed by atoms with E-state index in [1.165, 1.54) is 11.8 Å². The standard InChI is InChI=1S/C16H17NO3/c1-12-6-3-4-7-14(12)11-20-16-13(10-17-18)8-5-9-15(16)19-2/h3-10,18H,11H2,1-2H3. The second kappa shape index (κ2) is 6.61. The number of ether oxygens (including phenoxy) is 2. The number of benzene rings is 2. The van der Waals surface area contributed by atoms with E-state index in [1.807, 2.05) is 43.3 Å². The molecule has 0 amide bonds. The molecule has 0 aliphatic rings. The van der Waals surface area contributed by atoms with Gasteiger partial charge >= 0.3 is 0 Å². The number of aryl methyl sites for hydroxylation is 1. The molecule has 0 bridgehead atoms. The van der Waals surface area contributed by atoms with Crippen molar-refractivity contribution >= 4 is 6.21 Å². The van der Waals surface area contributed by atoms with Crippen molar-refractivity contribution in [1.82, 2.24) is 0 Å². The van der Waals surface area contributed by atoms with Crippen LogP contribution in [0, 0.1) is 6.92 Å². The second-order valence-corrected chi connectivity index (χ2v) is 4.34. The molecule has 0 heterocycles. The predicted octanol–water partition coefficient (Wildman–Crippen LogP) is 3.39. The van der Waals surface area contributed by atoms with Crippen LogP contribution in [-0.2, 0) is 6.61 Å². The lowest BCUT2D eigenvalue weighted by molar-refractivity contribution is 0.283. The molecule has 0 fully saturated rings. The van der Waals surface area contributed by atoms with Gasteiger partial charge in [0.15, 0.2) is 11.5 Å². The lowest BCUT2D eigenvalue weighted by Gasteiger charge is -2.14. The first-order valence-corrected chi connectivity index (χ1v) is 6.28. The number of methoxy groups -OCH3 is 1. The third-order valence-electron chi connectivity index (χ3n) is 3.06. The fraction of sp³-hybridized carbons (Fsp3) is 0.188. The quantitative estimate of drug-likeness (QED) is 0.515. The van der Waals surface area contributed by atoms with Gasteiger partial charge in [0.25, 0.3) is 0 Å². The number of oxime groups is 1. The highest BCUT2D eigenvalue weighted by Crippen LogP contribution is 2.31. The van der Waals surface area contributed by atoms with Crippen molar-refractivity contribution in [1.29, 1.82) is 0 Å². The fourth-order valence-electron chi connectivity index (χ4n) is 1.93. The van der Waals surface area contributed by atoms with Crippen molar-refractivity contribution in [3.8, 4) is 11.5 Å². The maximum Gasteiger partial charge on any atom is 0.170 e. The van der Waals surface area contributed by atoms with Gasteiger partial charge in [-0.05, 0) is 30.2 Å². The molecule has 4 nitrogen and oxygen atoms in total. The van der Waals surface area contributed by atoms with Gasteiger partial charge in [-0.3, -0.25) is 0 Å². The molecule has 4 heteroatoms. The van der Waals surface area contributed by atoms with E-state index in [-0.39, 0.29) is 0 Å². The number of hydrogen-bond donors (Lipinski definition) is 1. The van der Waals surface area contributed by atoms with E-state index in [2.05, 4.69) is 5.16 Å². The predicted molar refractivity (Wildman–Crippen MR) is 77.9 cm³/mol. The van der Waals surface area contributed by atoms with E-state index >= 15 is 0 Å². The highest BCUT2D eigenvalue weighted by Gasteiger charge is 2.10. The van der Waals surface area contributed by atoms with Gasteiger partial charge in [-0.1, -0.05) is 35.5 Å². The Labute approximate surface area is 118 Å². The van der Waals surface area contributed by atoms with E-state index in [4.69, 9.17) is 14.7 Å². The van der Waals surface area contributed by atoms with Crippen LogP contribution in [0.4, 0.5) is 0 Å². The van der Waals surface area contributed by atoms with E-state index < -0.39 is 0 Å². The maximum absolute atomic E-state index is 8.71. The Morgan fingerprint density at radius 3 is 2.65 bits per heavy atom. The number of hydrogen-bond acceptors (Lipinski definition) is 4. The highest BCUT2D eigenvalue weighted by atomic mass is 16.5. The van der Waals surface area contributed by atoms with Crippen molar-refractivity contribution in [2.75, 3.05) is 7.11 Å². The SMILES string of the molecule is COc1cccc(C=NO)c1OCc1ccccc1C. The van der Waals surface area contributed by atoms with Crippen LogP contribution in [0.25, 0.3) is 0 Å². The maximum atomic E-state index is 8.71. The molecule has 0 atom stereocenters. The molecule has 0 spiro atoms. The molecular weight excluding hydrogens is 254 g/mol. The number of nitrogens with zero attached hydrogens (tertiary/aromatic N) is 1. The molecule has 0 saturated carbocycles. The van der Waals surface area contributed by atoms with Crippen LogP contribution in [0.1, 0.15) is 16.7 Å². The molecule has 0 saturated heterocycles. The van der Waals surface area contributed by atoms with Gasteiger partial charge in [0.1, 0.15) is 6.61 Å². The topological polar surface area (TPSA) is 51.0 Å². The van der Waals surface area contributed by atoms with Gasteiger partial charge < -0.3 is 14.7 Å². The van der Waals surface area contributed by atoms with Crippen molar-refractivity contribution in [3.05, 3.63) is 59.2 Å². The third-order valence-corrected chi connectivity index (χ3v) is 3.06. The minimum absolute atomic E-state index is 0.430. The first-order chi connectivity index (χ1) is 9.76. The fourth-order valence-corrected chi connectivity index (χ4v) is 1.93. The first kappa shape index (κ1) is 13.9. The summed E-state index contributed by atoms with van der Waals surface area (Å²) in [6, 6.07) is 13.4. The van der Waals surface area contributed by atoms with Gasteiger partial charge in [-0.25, -0.2) is 0 Å². The zero-order valence-electron chi connectivity index (χ0n) is 11.5. The molecule has 0 aliphatic carbocycles. The largest absolute Gasteiger partial charge is 0.493 e. The van der Waals surface area contributed by atoms with Crippen molar-refractivity contribution in [2.24, 2.45) is 5.16 Å². The van der Waals surface area contributed by atoms with Crippen molar-refractivity contribution in [3.63, 3.8) is 0 Å². The molecule has 0 aromatic heterocycles. The number of rotatable bonds is 5. The smallest absolute Gasteiger partial charge is 0.170 e. The summed E-state index contributed by atoms with van der Waals surface area (Å²) in [7, 11) is 1.58. The zero-order valence-corrected chi connectivity index (χ0v) is 11.5. The lowest BCUT2D eigenvalue weighted by Crippen LogP contribution is -2.02. The molecule has 0 aliphatic heterocycles. The average molecular weight is 271 g/mol. The summed E-state index contributed by atoms with van der Waals surface area (Å²) in [5, 5.41) is 11.8. The molecule has 20 heavy (non-hydrogen) atoms. The highest BCUT2D eigenvalue weighted by molar-refractivity contribution is 5.84. The summed E-state index contributed by atoms with van der Waals surface area (Å²) >= 11 is 0. The summed E-state index contributed by atoms with van der Waals surface area (Å²) in [4.78, 5) is 0. The van der Waals surface area contributed by atoms with Crippen LogP contribution in [0.15, 0.2) is 47.6 Å². The normalized spacial score (nSPS) is 10.7. The van der Waals surface area contributed by atoms with E-state index in [1.54, 1.807) is 13.2 Å². The molecule has 0 radical (unpaired) electrons. The molecule has 104 valence electrons. The molecular formula is C16H17NO3. The summed E-state index contributed by atoms with van der Waals surface area (Å²) in [6.07, 6.45) is 1.33. The summed E-state index contributed by atoms with van der Waals surface area (Å²) < 4.78 is 11.1. The molecule has 2 aromatic carbocycles. The third kappa shape index (κ3) is 3.09. The second-order valence-electron chi connectivity index (χ2n) is 4.34. The molecule has 1 N–H and O–H groups in total. The Morgan fingerprint density at radius 2 is 1.95 bits per heavy atom. The average Bonchev–Trinajstić information content (AvgIpc) is 2.47. The first-order valence-electron chi connectivity index (χ1n) is 6.28. The summed E-state index contributed by atoms with van der Waals surface area (Å²) in [5.41, 5.74) is 2.94. The van der Waals surface area contributed by atoms with E-state index in [9.17, 15) is 0 Å². The Hall–Kier alpha value is -2.49. The Morgan fingerprint density at radius 1 is 1.15 bits per heavy atom. The summed E-state index contributed by atoms with van der Waals surface area (Å²) in [6.45, 7) is 2.47. The molecule has 0 unspecified atom stereocenters. The van der Waals surface area contributed by atoms with Gasteiger partial charge in [0.2, 0.25) is 0 Å².